The molecule has 113 heavy (non-hydrogen) atoms. The SMILES string of the molecule is O=C[C@H](OC(=O)c1cc(O)c(O)c(O)c1Oc1cc2c(c(O)c1O)-c1c(cc(O)c(O)c1O)C(=O)O[C@@H]([C@H](OC(=O)c1cc(O)c(O)c(O)c1)[C@@H](O)C=O)[C@H](O)COC2=O)[C@@H](OC(=O)c1cc(O)c(O)c(O)c1)[C@@H]1OC(=O)c2cc(Oc3c(C(=O)O)cc(O)c(O)c3O)c(O)c(O)c2-c2c(cc(O)c(O)c2O)C(=O)OC[C@H]1O. The summed E-state index contributed by atoms with van der Waals surface area (Å²) in [4.78, 5) is 139. The lowest BCUT2D eigenvalue weighted by atomic mass is 9.91. The summed E-state index contributed by atoms with van der Waals surface area (Å²) in [6, 6.07) is 2.70. The highest BCUT2D eigenvalue weighted by Gasteiger charge is 2.48. The average Bonchev–Trinajstić information content (AvgIpc) is 1.55. The number of benzene rings is 8. The van der Waals surface area contributed by atoms with E-state index < -0.39 is 332 Å². The van der Waals surface area contributed by atoms with Gasteiger partial charge in [-0.05, 0) is 36.4 Å². The first-order valence-corrected chi connectivity index (χ1v) is 30.8. The van der Waals surface area contributed by atoms with Crippen LogP contribution in [0.15, 0.2) is 60.7 Å². The number of hydrogen-bond acceptors (Lipinski definition) is 44. The fourth-order valence-electron chi connectivity index (χ4n) is 11.0. The second-order valence-corrected chi connectivity index (χ2v) is 23.6. The Balaban J connectivity index is 1.09. The van der Waals surface area contributed by atoms with Gasteiger partial charge in [-0.3, -0.25) is 4.79 Å². The van der Waals surface area contributed by atoms with Crippen molar-refractivity contribution in [3.05, 3.63) is 105 Å². The molecule has 8 atom stereocenters. The predicted molar refractivity (Wildman–Crippen MR) is 350 cm³/mol. The maximum Gasteiger partial charge on any atom is 0.343 e. The van der Waals surface area contributed by atoms with Crippen LogP contribution in [0, 0.1) is 0 Å². The maximum absolute atomic E-state index is 15.1. The van der Waals surface area contributed by atoms with E-state index >= 15 is 4.79 Å². The van der Waals surface area contributed by atoms with Crippen molar-refractivity contribution < 1.29 is 223 Å². The number of carboxylic acids is 1. The Labute approximate surface area is 620 Å². The third-order valence-electron chi connectivity index (χ3n) is 16.6. The van der Waals surface area contributed by atoms with Crippen molar-refractivity contribution in [3.8, 4) is 172 Å². The van der Waals surface area contributed by atoms with Crippen molar-refractivity contribution in [1.82, 2.24) is 0 Å². The number of carboxylic acid groups (broad SMARTS) is 1. The number of phenolic OH excluding ortho intramolecular Hbond substituents is 22. The third kappa shape index (κ3) is 14.5. The number of hydrogen-bond donors (Lipinski definition) is 26. The van der Waals surface area contributed by atoms with Crippen molar-refractivity contribution >= 4 is 60.3 Å². The monoisotopic (exact) mass is 1590 g/mol. The molecule has 26 N–H and O–H groups in total. The van der Waals surface area contributed by atoms with E-state index in [4.69, 9.17) is 42.6 Å². The lowest BCUT2D eigenvalue weighted by Gasteiger charge is -2.32. The van der Waals surface area contributed by atoms with Crippen LogP contribution in [0.3, 0.4) is 0 Å². The number of ether oxygens (including phenoxy) is 9. The number of esters is 7. The zero-order valence-corrected chi connectivity index (χ0v) is 55.3. The standard InChI is InChI=1S/C68H50O45/c69-11-31(79)57(110-62(98)15-1-23(71)41(82)24(72)2-15)58-32(80)13-106-65(101)19-9-34(47(88)51(92)39(19)38-18(66(102)111-58)6-28(76)44(85)50(38)91)108-56-22(8-30(78)46(87)54(56)95)68(104)109-36(12-70)60(113-63(99)16-3-25(73)42(83)26(74)4-16)59-33(81)14-105-64(100)17-5-27(75)43(84)49(90)37(17)40-20(67(103)112-59)10-35(48(89)52(40)93)107-55-21(61(96)97)7-29(77)45(86)53(55)94/h1-12,31-33,36,57-60,71-95H,13-14H2,(H,96,97)/t31-,32+,33+,36-,57+,58+,59+,60+/m0/s1. The van der Waals surface area contributed by atoms with Crippen LogP contribution in [0.5, 0.6) is 149 Å². The smallest absolute Gasteiger partial charge is 0.343 e. The number of carbonyl (C=O) groups is 10. The summed E-state index contributed by atoms with van der Waals surface area (Å²) in [6.45, 7) is -3.30. The number of cyclic esters (lactones) is 4. The van der Waals surface area contributed by atoms with Crippen LogP contribution in [-0.2, 0) is 42.7 Å². The number of aldehydes is 2. The summed E-state index contributed by atoms with van der Waals surface area (Å²) in [5, 5.41) is 282. The number of aliphatic hydroxyl groups excluding tert-OH is 3. The summed E-state index contributed by atoms with van der Waals surface area (Å²) in [6.07, 6.45) is -24.2. The molecule has 45 heteroatoms. The van der Waals surface area contributed by atoms with Crippen molar-refractivity contribution in [1.29, 1.82) is 0 Å². The zero-order chi connectivity index (χ0) is 83.4. The summed E-state index contributed by atoms with van der Waals surface area (Å²) in [5.41, 5.74) is -16.1. The molecular formula is C68H50O45. The van der Waals surface area contributed by atoms with Gasteiger partial charge in [0.2, 0.25) is 46.0 Å². The molecule has 2 heterocycles. The van der Waals surface area contributed by atoms with E-state index in [1.54, 1.807) is 0 Å². The highest BCUT2D eigenvalue weighted by atomic mass is 16.6. The number of aliphatic hydroxyl groups is 3. The number of fused-ring (bicyclic) bond motifs is 6. The van der Waals surface area contributed by atoms with E-state index in [1.807, 2.05) is 0 Å². The lowest BCUT2D eigenvalue weighted by Crippen LogP contribution is -2.52. The minimum Gasteiger partial charge on any atom is -0.504 e. The second kappa shape index (κ2) is 30.3. The Bertz CT molecular complexity index is 5360. The lowest BCUT2D eigenvalue weighted by molar-refractivity contribution is -0.142. The highest BCUT2D eigenvalue weighted by Crippen LogP contribution is 2.58. The van der Waals surface area contributed by atoms with Gasteiger partial charge < -0.3 is 180 Å². The molecule has 45 nitrogen and oxygen atoms in total. The van der Waals surface area contributed by atoms with E-state index in [2.05, 4.69) is 0 Å². The molecule has 8 aromatic carbocycles. The summed E-state index contributed by atoms with van der Waals surface area (Å²) >= 11 is 0. The van der Waals surface area contributed by atoms with Gasteiger partial charge in [0.05, 0.1) is 33.4 Å². The van der Waals surface area contributed by atoms with Crippen LogP contribution < -0.4 is 9.47 Å². The average molecular weight is 1590 g/mol. The van der Waals surface area contributed by atoms with E-state index in [0.29, 0.717) is 24.3 Å². The zero-order valence-electron chi connectivity index (χ0n) is 55.3. The Hall–Kier alpha value is -16.1. The first kappa shape index (κ1) is 79.5. The summed E-state index contributed by atoms with van der Waals surface area (Å²) in [5.74, 6) is -56.5. The number of carbonyl (C=O) groups excluding carboxylic acids is 9. The van der Waals surface area contributed by atoms with Gasteiger partial charge in [-0.15, -0.1) is 0 Å². The highest BCUT2D eigenvalue weighted by molar-refractivity contribution is 6.10. The predicted octanol–water partition coefficient (Wildman–Crippen LogP) is 1.38. The Morgan fingerprint density at radius 2 is 0.681 bits per heavy atom. The topological polar surface area (TPSA) is 780 Å². The molecule has 0 aromatic heterocycles. The van der Waals surface area contributed by atoms with Gasteiger partial charge >= 0.3 is 47.8 Å². The summed E-state index contributed by atoms with van der Waals surface area (Å²) in [7, 11) is 0. The largest absolute Gasteiger partial charge is 0.504 e. The molecule has 8 aromatic rings. The first-order valence-electron chi connectivity index (χ1n) is 30.8. The molecule has 0 bridgehead atoms. The van der Waals surface area contributed by atoms with E-state index in [0.717, 1.165) is 0 Å². The van der Waals surface area contributed by atoms with E-state index in [1.165, 1.54) is 0 Å². The number of phenols is 22. The molecule has 0 spiro atoms. The van der Waals surface area contributed by atoms with Crippen molar-refractivity contribution in [2.45, 2.75) is 48.8 Å². The summed E-state index contributed by atoms with van der Waals surface area (Å²) < 4.78 is 47.9. The molecule has 0 saturated carbocycles. The molecule has 10 rings (SSSR count). The van der Waals surface area contributed by atoms with Gasteiger partial charge in [-0.2, -0.15) is 0 Å². The molecule has 2 aliphatic heterocycles. The van der Waals surface area contributed by atoms with Crippen LogP contribution in [0.4, 0.5) is 0 Å². The molecular weight excluding hydrogens is 1540 g/mol. The second-order valence-electron chi connectivity index (χ2n) is 23.6. The maximum atomic E-state index is 15.1. The number of rotatable bonds is 17. The van der Waals surface area contributed by atoms with Gasteiger partial charge in [-0.1, -0.05) is 0 Å². The number of aromatic hydroxyl groups is 22. The molecule has 0 fully saturated rings. The van der Waals surface area contributed by atoms with Crippen LogP contribution in [0.1, 0.15) is 82.9 Å². The quantitative estimate of drug-likeness (QED) is 0.0265. The van der Waals surface area contributed by atoms with Crippen LogP contribution >= 0.6 is 0 Å². The Kier molecular flexibility index (Phi) is 21.3. The van der Waals surface area contributed by atoms with Crippen molar-refractivity contribution in [3.63, 3.8) is 0 Å². The fourth-order valence-corrected chi connectivity index (χ4v) is 11.0. The van der Waals surface area contributed by atoms with Gasteiger partial charge in [0, 0.05) is 46.5 Å². The van der Waals surface area contributed by atoms with Crippen LogP contribution in [-0.4, -0.2) is 255 Å². The van der Waals surface area contributed by atoms with Gasteiger partial charge in [0.25, 0.3) is 0 Å². The fraction of sp³-hybridized carbons (Fsp3) is 0.147. The van der Waals surface area contributed by atoms with Gasteiger partial charge in [0.15, 0.2) is 147 Å². The Morgan fingerprint density at radius 1 is 0.363 bits per heavy atom. The normalized spacial score (nSPS) is 16.6. The van der Waals surface area contributed by atoms with Crippen molar-refractivity contribution in [2.75, 3.05) is 13.2 Å². The van der Waals surface area contributed by atoms with Gasteiger partial charge in [-0.25, -0.2) is 38.4 Å². The molecule has 0 unspecified atom stereocenters. The van der Waals surface area contributed by atoms with Crippen LogP contribution in [0.2, 0.25) is 0 Å². The molecule has 2 aliphatic rings. The third-order valence-corrected chi connectivity index (χ3v) is 16.6. The van der Waals surface area contributed by atoms with Crippen molar-refractivity contribution in [2.24, 2.45) is 0 Å². The Morgan fingerprint density at radius 3 is 1.07 bits per heavy atom. The minimum absolute atomic E-state index is 0.0617. The molecule has 0 aliphatic carbocycles. The first-order chi connectivity index (χ1) is 53.0. The molecule has 0 saturated heterocycles. The van der Waals surface area contributed by atoms with Crippen LogP contribution in [0.25, 0.3) is 22.3 Å². The molecule has 0 amide bonds. The number of aromatic carboxylic acids is 1. The molecule has 0 radical (unpaired) electrons. The van der Waals surface area contributed by atoms with E-state index in [9.17, 15) is 176 Å². The minimum atomic E-state index is -3.19. The molecule has 592 valence electrons. The van der Waals surface area contributed by atoms with E-state index in [-0.39, 0.29) is 42.7 Å². The van der Waals surface area contributed by atoms with Gasteiger partial charge in [0.1, 0.15) is 42.7 Å².